The topological polar surface area (TPSA) is 41.1 Å². The van der Waals surface area contributed by atoms with Crippen LogP contribution in [0.1, 0.15) is 35.0 Å². The number of amides is 1. The summed E-state index contributed by atoms with van der Waals surface area (Å²) in [5.74, 6) is 0.0977. The van der Waals surface area contributed by atoms with Crippen LogP contribution in [0.4, 0.5) is 0 Å². The molecular weight excluding hydrogens is 220 g/mol. The van der Waals surface area contributed by atoms with Crippen molar-refractivity contribution >= 4 is 17.2 Å². The van der Waals surface area contributed by atoms with Crippen molar-refractivity contribution in [1.29, 1.82) is 0 Å². The second-order valence-electron chi connectivity index (χ2n) is 4.15. The molecule has 1 unspecified atom stereocenters. The smallest absolute Gasteiger partial charge is 0.261 e. The van der Waals surface area contributed by atoms with Gasteiger partial charge in [0.15, 0.2) is 0 Å². The molecule has 1 aromatic rings. The van der Waals surface area contributed by atoms with Gasteiger partial charge in [0.25, 0.3) is 5.91 Å². The van der Waals surface area contributed by atoms with Crippen molar-refractivity contribution < 1.29 is 4.79 Å². The van der Waals surface area contributed by atoms with Crippen molar-refractivity contribution in [3.63, 3.8) is 0 Å². The van der Waals surface area contributed by atoms with Crippen LogP contribution in [0.15, 0.2) is 11.4 Å². The van der Waals surface area contributed by atoms with Gasteiger partial charge in [0, 0.05) is 12.6 Å². The Balaban J connectivity index is 1.96. The van der Waals surface area contributed by atoms with E-state index in [0.717, 1.165) is 42.8 Å². The van der Waals surface area contributed by atoms with Crippen molar-refractivity contribution in [3.05, 3.63) is 21.9 Å². The molecule has 3 nitrogen and oxygen atoms in total. The fraction of sp³-hybridized carbons (Fsp3) is 0.583. The summed E-state index contributed by atoms with van der Waals surface area (Å²) in [6, 6.07) is 2.34. The van der Waals surface area contributed by atoms with Crippen molar-refractivity contribution in [2.45, 2.75) is 32.2 Å². The fourth-order valence-electron chi connectivity index (χ4n) is 2.04. The van der Waals surface area contributed by atoms with Gasteiger partial charge < -0.3 is 10.6 Å². The summed E-state index contributed by atoms with van der Waals surface area (Å²) in [5, 5.41) is 8.40. The molecule has 1 atom stereocenters. The first kappa shape index (κ1) is 11.6. The lowest BCUT2D eigenvalue weighted by Crippen LogP contribution is -2.45. The molecule has 0 bridgehead atoms. The first-order valence-electron chi connectivity index (χ1n) is 5.89. The second-order valence-corrected chi connectivity index (χ2v) is 5.06. The highest BCUT2D eigenvalue weighted by molar-refractivity contribution is 7.12. The molecule has 1 aliphatic heterocycles. The van der Waals surface area contributed by atoms with Crippen LogP contribution < -0.4 is 10.6 Å². The third kappa shape index (κ3) is 2.62. The Hall–Kier alpha value is -0.870. The van der Waals surface area contributed by atoms with Crippen molar-refractivity contribution in [2.75, 3.05) is 13.1 Å². The number of thiophene rings is 1. The Kier molecular flexibility index (Phi) is 3.96. The van der Waals surface area contributed by atoms with Gasteiger partial charge in [-0.1, -0.05) is 6.92 Å². The molecule has 88 valence electrons. The monoisotopic (exact) mass is 238 g/mol. The molecule has 2 N–H and O–H groups in total. The van der Waals surface area contributed by atoms with Gasteiger partial charge in [-0.3, -0.25) is 4.79 Å². The Morgan fingerprint density at radius 3 is 3.25 bits per heavy atom. The van der Waals surface area contributed by atoms with Gasteiger partial charge in [0.05, 0.1) is 4.88 Å². The average molecular weight is 238 g/mol. The third-order valence-corrected chi connectivity index (χ3v) is 3.92. The SMILES string of the molecule is CCc1ccsc1C(=O)NC1CCCNC1. The van der Waals surface area contributed by atoms with Crippen LogP contribution in [0.5, 0.6) is 0 Å². The molecule has 1 amide bonds. The van der Waals surface area contributed by atoms with Gasteiger partial charge >= 0.3 is 0 Å². The van der Waals surface area contributed by atoms with E-state index in [1.807, 2.05) is 11.4 Å². The third-order valence-electron chi connectivity index (χ3n) is 2.97. The molecule has 0 aromatic carbocycles. The molecule has 4 heteroatoms. The molecule has 0 saturated carbocycles. The normalized spacial score (nSPS) is 20.7. The van der Waals surface area contributed by atoms with Gasteiger partial charge in [-0.15, -0.1) is 11.3 Å². The molecule has 2 heterocycles. The molecule has 1 fully saturated rings. The maximum atomic E-state index is 12.0. The highest BCUT2D eigenvalue weighted by Crippen LogP contribution is 2.17. The van der Waals surface area contributed by atoms with Crippen molar-refractivity contribution in [3.8, 4) is 0 Å². The molecule has 1 aromatic heterocycles. The predicted octanol–water partition coefficient (Wildman–Crippen LogP) is 1.79. The largest absolute Gasteiger partial charge is 0.347 e. The number of carbonyl (C=O) groups is 1. The zero-order valence-electron chi connectivity index (χ0n) is 9.58. The average Bonchev–Trinajstić information content (AvgIpc) is 2.78. The number of nitrogens with one attached hydrogen (secondary N) is 2. The van der Waals surface area contributed by atoms with Crippen LogP contribution in [0, 0.1) is 0 Å². The maximum absolute atomic E-state index is 12.0. The summed E-state index contributed by atoms with van der Waals surface area (Å²) in [6.45, 7) is 4.06. The van der Waals surface area contributed by atoms with Crippen LogP contribution in [-0.2, 0) is 6.42 Å². The number of piperidine rings is 1. The van der Waals surface area contributed by atoms with E-state index in [2.05, 4.69) is 17.6 Å². The summed E-state index contributed by atoms with van der Waals surface area (Å²) < 4.78 is 0. The minimum atomic E-state index is 0.0977. The van der Waals surface area contributed by atoms with E-state index in [1.165, 1.54) is 11.3 Å². The van der Waals surface area contributed by atoms with Crippen LogP contribution in [0.3, 0.4) is 0 Å². The van der Waals surface area contributed by atoms with E-state index in [4.69, 9.17) is 0 Å². The van der Waals surface area contributed by atoms with E-state index in [0.29, 0.717) is 6.04 Å². The predicted molar refractivity (Wildman–Crippen MR) is 67.1 cm³/mol. The van der Waals surface area contributed by atoms with Crippen LogP contribution in [0.25, 0.3) is 0 Å². The number of aryl methyl sites for hydroxylation is 1. The van der Waals surface area contributed by atoms with Gasteiger partial charge in [-0.2, -0.15) is 0 Å². The Bertz CT molecular complexity index is 356. The fourth-order valence-corrected chi connectivity index (χ4v) is 2.94. The Morgan fingerprint density at radius 1 is 1.69 bits per heavy atom. The van der Waals surface area contributed by atoms with E-state index >= 15 is 0 Å². The first-order chi connectivity index (χ1) is 7.81. The Morgan fingerprint density at radius 2 is 2.56 bits per heavy atom. The number of hydrogen-bond donors (Lipinski definition) is 2. The van der Waals surface area contributed by atoms with Gasteiger partial charge in [-0.05, 0) is 42.8 Å². The minimum Gasteiger partial charge on any atom is -0.347 e. The zero-order chi connectivity index (χ0) is 11.4. The van der Waals surface area contributed by atoms with Crippen molar-refractivity contribution in [1.82, 2.24) is 10.6 Å². The van der Waals surface area contributed by atoms with E-state index in [9.17, 15) is 4.79 Å². The lowest BCUT2D eigenvalue weighted by molar-refractivity contribution is 0.0934. The molecular formula is C12H18N2OS. The first-order valence-corrected chi connectivity index (χ1v) is 6.77. The summed E-state index contributed by atoms with van der Waals surface area (Å²) in [4.78, 5) is 12.9. The molecule has 0 radical (unpaired) electrons. The maximum Gasteiger partial charge on any atom is 0.261 e. The molecule has 1 aliphatic rings. The molecule has 16 heavy (non-hydrogen) atoms. The summed E-state index contributed by atoms with van der Waals surface area (Å²) in [5.41, 5.74) is 1.16. The minimum absolute atomic E-state index is 0.0977. The van der Waals surface area contributed by atoms with Crippen molar-refractivity contribution in [2.24, 2.45) is 0 Å². The second kappa shape index (κ2) is 5.46. The molecule has 1 saturated heterocycles. The van der Waals surface area contributed by atoms with Gasteiger partial charge in [0.1, 0.15) is 0 Å². The lowest BCUT2D eigenvalue weighted by Gasteiger charge is -2.23. The lowest BCUT2D eigenvalue weighted by atomic mass is 10.1. The van der Waals surface area contributed by atoms with Crippen LogP contribution in [0.2, 0.25) is 0 Å². The zero-order valence-corrected chi connectivity index (χ0v) is 10.4. The molecule has 2 rings (SSSR count). The molecule has 0 aliphatic carbocycles. The number of carbonyl (C=O) groups excluding carboxylic acids is 1. The number of hydrogen-bond acceptors (Lipinski definition) is 3. The standard InChI is InChI=1S/C12H18N2OS/c1-2-9-5-7-16-11(9)12(15)14-10-4-3-6-13-8-10/h5,7,10,13H,2-4,6,8H2,1H3,(H,14,15). The number of rotatable bonds is 3. The highest BCUT2D eigenvalue weighted by Gasteiger charge is 2.18. The van der Waals surface area contributed by atoms with Gasteiger partial charge in [0.2, 0.25) is 0 Å². The Labute approximate surface area is 100 Å². The van der Waals surface area contributed by atoms with Gasteiger partial charge in [-0.25, -0.2) is 0 Å². The van der Waals surface area contributed by atoms with E-state index in [1.54, 1.807) is 0 Å². The van der Waals surface area contributed by atoms with E-state index in [-0.39, 0.29) is 5.91 Å². The highest BCUT2D eigenvalue weighted by atomic mass is 32.1. The summed E-state index contributed by atoms with van der Waals surface area (Å²) in [6.07, 6.45) is 3.16. The summed E-state index contributed by atoms with van der Waals surface area (Å²) in [7, 11) is 0. The summed E-state index contributed by atoms with van der Waals surface area (Å²) >= 11 is 1.54. The van der Waals surface area contributed by atoms with E-state index < -0.39 is 0 Å². The quantitative estimate of drug-likeness (QED) is 0.843. The van der Waals surface area contributed by atoms with Crippen LogP contribution in [-0.4, -0.2) is 25.0 Å². The van der Waals surface area contributed by atoms with Crippen LogP contribution >= 0.6 is 11.3 Å². The molecule has 0 spiro atoms.